The molecule has 0 aromatic heterocycles. The van der Waals surface area contributed by atoms with Crippen LogP contribution >= 0.6 is 11.6 Å². The fourth-order valence-corrected chi connectivity index (χ4v) is 4.22. The van der Waals surface area contributed by atoms with Crippen LogP contribution < -0.4 is 4.72 Å². The number of morpholine rings is 1. The summed E-state index contributed by atoms with van der Waals surface area (Å²) in [6.45, 7) is 0.286. The third kappa shape index (κ3) is 3.85. The molecule has 1 N–H and O–H groups in total. The number of halogens is 4. The van der Waals surface area contributed by atoms with Crippen LogP contribution in [-0.2, 0) is 14.9 Å². The Hall–Kier alpha value is -0.870. The third-order valence-corrected chi connectivity index (χ3v) is 5.94. The van der Waals surface area contributed by atoms with Crippen LogP contribution in [0.2, 0.25) is 5.02 Å². The number of hydrogen-bond acceptors (Lipinski definition) is 3. The lowest BCUT2D eigenvalue weighted by Crippen LogP contribution is -2.53. The first-order valence-electron chi connectivity index (χ1n) is 7.35. The molecule has 24 heavy (non-hydrogen) atoms. The van der Waals surface area contributed by atoms with E-state index in [1.165, 1.54) is 12.1 Å². The summed E-state index contributed by atoms with van der Waals surface area (Å²) < 4.78 is 73.3. The van der Waals surface area contributed by atoms with Crippen LogP contribution in [0.25, 0.3) is 0 Å². The van der Waals surface area contributed by atoms with Gasteiger partial charge in [0, 0.05) is 18.1 Å². The molecule has 3 rings (SSSR count). The van der Waals surface area contributed by atoms with Crippen molar-refractivity contribution < 1.29 is 26.3 Å². The first-order chi connectivity index (χ1) is 11.1. The van der Waals surface area contributed by atoms with E-state index in [9.17, 15) is 21.6 Å². The van der Waals surface area contributed by atoms with Crippen LogP contribution in [0.15, 0.2) is 24.3 Å². The Bertz CT molecular complexity index is 705. The van der Waals surface area contributed by atoms with Gasteiger partial charge in [0.15, 0.2) is 0 Å². The molecule has 1 saturated heterocycles. The molecule has 1 saturated carbocycles. The maximum atomic E-state index is 13.4. The van der Waals surface area contributed by atoms with Crippen molar-refractivity contribution in [1.29, 1.82) is 0 Å². The van der Waals surface area contributed by atoms with E-state index in [0.29, 0.717) is 0 Å². The smallest absolute Gasteiger partial charge is 0.372 e. The molecule has 2 aliphatic rings. The normalized spacial score (nSPS) is 22.5. The molecule has 0 amide bonds. The maximum absolute atomic E-state index is 13.4. The quantitative estimate of drug-likeness (QED) is 0.868. The first kappa shape index (κ1) is 17.9. The summed E-state index contributed by atoms with van der Waals surface area (Å²) in [5.74, 6) is 0. The van der Waals surface area contributed by atoms with Crippen LogP contribution in [0.1, 0.15) is 24.4 Å². The second-order valence-electron chi connectivity index (χ2n) is 6.01. The molecule has 0 bridgehead atoms. The lowest BCUT2D eigenvalue weighted by Gasteiger charge is -2.33. The molecule has 1 aromatic rings. The number of rotatable bonds is 4. The van der Waals surface area contributed by atoms with E-state index in [1.807, 2.05) is 0 Å². The van der Waals surface area contributed by atoms with Crippen LogP contribution in [0.4, 0.5) is 13.2 Å². The minimum absolute atomic E-state index is 0.0300. The van der Waals surface area contributed by atoms with Gasteiger partial charge in [0.05, 0.1) is 12.2 Å². The molecular formula is C14H16ClF3N2O3S. The second kappa shape index (κ2) is 6.14. The number of nitrogens with zero attached hydrogens (tertiary/aromatic N) is 1. The van der Waals surface area contributed by atoms with E-state index in [4.69, 9.17) is 16.3 Å². The van der Waals surface area contributed by atoms with E-state index in [0.717, 1.165) is 29.3 Å². The van der Waals surface area contributed by atoms with E-state index in [2.05, 4.69) is 0 Å². The summed E-state index contributed by atoms with van der Waals surface area (Å²) in [6.07, 6.45) is -3.33. The molecule has 10 heteroatoms. The highest BCUT2D eigenvalue weighted by molar-refractivity contribution is 7.87. The first-order valence-corrected chi connectivity index (χ1v) is 9.17. The monoisotopic (exact) mass is 384 g/mol. The summed E-state index contributed by atoms with van der Waals surface area (Å²) in [5, 5.41) is 0.270. The molecule has 1 atom stereocenters. The minimum Gasteiger partial charge on any atom is -0.372 e. The zero-order valence-corrected chi connectivity index (χ0v) is 14.1. The van der Waals surface area contributed by atoms with Crippen molar-refractivity contribution in [3.63, 3.8) is 0 Å². The van der Waals surface area contributed by atoms with E-state index in [-0.39, 0.29) is 30.3 Å². The number of nitrogens with one attached hydrogen (secondary N) is 1. The summed E-state index contributed by atoms with van der Waals surface area (Å²) in [6, 6.07) is 2.56. The van der Waals surface area contributed by atoms with Gasteiger partial charge in [0.2, 0.25) is 0 Å². The lowest BCUT2D eigenvalue weighted by atomic mass is 10.1. The van der Waals surface area contributed by atoms with Crippen molar-refractivity contribution in [2.24, 2.45) is 0 Å². The van der Waals surface area contributed by atoms with Crippen molar-refractivity contribution in [2.45, 2.75) is 30.7 Å². The highest BCUT2D eigenvalue weighted by Crippen LogP contribution is 2.42. The van der Waals surface area contributed by atoms with Crippen molar-refractivity contribution in [2.75, 3.05) is 19.7 Å². The molecule has 134 valence electrons. The second-order valence-corrected chi connectivity index (χ2v) is 8.15. The Labute approximate surface area is 142 Å². The van der Waals surface area contributed by atoms with Gasteiger partial charge in [-0.2, -0.15) is 30.6 Å². The molecule has 2 fully saturated rings. The van der Waals surface area contributed by atoms with Gasteiger partial charge in [-0.15, -0.1) is 0 Å². The third-order valence-electron chi connectivity index (χ3n) is 4.16. The zero-order valence-electron chi connectivity index (χ0n) is 12.5. The molecule has 1 unspecified atom stereocenters. The molecule has 1 aromatic carbocycles. The number of ether oxygens (including phenoxy) is 1. The maximum Gasteiger partial charge on any atom is 0.408 e. The molecule has 5 nitrogen and oxygen atoms in total. The predicted molar refractivity (Wildman–Crippen MR) is 81.8 cm³/mol. The van der Waals surface area contributed by atoms with Gasteiger partial charge in [-0.3, -0.25) is 0 Å². The molecular weight excluding hydrogens is 369 g/mol. The van der Waals surface area contributed by atoms with Gasteiger partial charge < -0.3 is 4.74 Å². The fraction of sp³-hybridized carbons (Fsp3) is 0.571. The molecule has 1 aliphatic carbocycles. The lowest BCUT2D eigenvalue weighted by molar-refractivity contribution is -0.153. The molecule has 0 radical (unpaired) electrons. The van der Waals surface area contributed by atoms with Crippen molar-refractivity contribution >= 4 is 21.8 Å². The topological polar surface area (TPSA) is 58.6 Å². The molecule has 1 aliphatic heterocycles. The van der Waals surface area contributed by atoms with Crippen LogP contribution in [-0.4, -0.2) is 44.2 Å². The van der Waals surface area contributed by atoms with Crippen LogP contribution in [0, 0.1) is 0 Å². The van der Waals surface area contributed by atoms with Crippen molar-refractivity contribution in [3.05, 3.63) is 34.9 Å². The summed E-state index contributed by atoms with van der Waals surface area (Å²) >= 11 is 5.68. The van der Waals surface area contributed by atoms with Crippen LogP contribution in [0.5, 0.6) is 0 Å². The summed E-state index contributed by atoms with van der Waals surface area (Å²) in [4.78, 5) is 0. The SMILES string of the molecule is O=S(=O)(NC(c1ccc(Cl)cc1)C(F)(F)F)N1CCOC2(CC2)C1. The molecule has 1 heterocycles. The Balaban J connectivity index is 1.82. The largest absolute Gasteiger partial charge is 0.408 e. The number of alkyl halides is 3. The van der Waals surface area contributed by atoms with Gasteiger partial charge in [-0.1, -0.05) is 23.7 Å². The van der Waals surface area contributed by atoms with Gasteiger partial charge in [-0.25, -0.2) is 0 Å². The minimum atomic E-state index is -4.77. The van der Waals surface area contributed by atoms with Gasteiger partial charge in [0.25, 0.3) is 10.2 Å². The van der Waals surface area contributed by atoms with Crippen molar-refractivity contribution in [1.82, 2.24) is 9.03 Å². The number of benzene rings is 1. The summed E-state index contributed by atoms with van der Waals surface area (Å²) in [7, 11) is -4.30. The number of hydrogen-bond donors (Lipinski definition) is 1. The summed E-state index contributed by atoms with van der Waals surface area (Å²) in [5.41, 5.74) is -0.731. The standard InChI is InChI=1S/C14H16ClF3N2O3S/c15-11-3-1-10(2-4-11)12(14(16,17)18)19-24(21,22)20-7-8-23-13(9-20)5-6-13/h1-4,12,19H,5-9H2. The van der Waals surface area contributed by atoms with Crippen LogP contribution in [0.3, 0.4) is 0 Å². The highest BCUT2D eigenvalue weighted by Gasteiger charge is 2.51. The Morgan fingerprint density at radius 1 is 1.25 bits per heavy atom. The highest BCUT2D eigenvalue weighted by atomic mass is 35.5. The van der Waals surface area contributed by atoms with E-state index >= 15 is 0 Å². The fourth-order valence-electron chi connectivity index (χ4n) is 2.66. The van der Waals surface area contributed by atoms with Gasteiger partial charge in [-0.05, 0) is 30.5 Å². The van der Waals surface area contributed by atoms with Crippen molar-refractivity contribution in [3.8, 4) is 0 Å². The van der Waals surface area contributed by atoms with E-state index < -0.39 is 28.0 Å². The Kier molecular flexibility index (Phi) is 4.59. The zero-order chi connectivity index (χ0) is 17.6. The van der Waals surface area contributed by atoms with Gasteiger partial charge >= 0.3 is 6.18 Å². The Morgan fingerprint density at radius 3 is 2.42 bits per heavy atom. The average molecular weight is 385 g/mol. The van der Waals surface area contributed by atoms with E-state index in [1.54, 1.807) is 4.72 Å². The predicted octanol–water partition coefficient (Wildman–Crippen LogP) is 2.64. The Morgan fingerprint density at radius 2 is 1.88 bits per heavy atom. The average Bonchev–Trinajstić information content (AvgIpc) is 3.24. The van der Waals surface area contributed by atoms with Gasteiger partial charge in [0.1, 0.15) is 6.04 Å². The molecule has 1 spiro atoms.